The fraction of sp³-hybridized carbons (Fsp3) is 0.529. The molecule has 122 valence electrons. The molecule has 3 aliphatic heterocycles. The van der Waals surface area contributed by atoms with E-state index in [-0.39, 0.29) is 5.91 Å². The molecule has 1 N–H and O–H groups in total. The molecule has 23 heavy (non-hydrogen) atoms. The maximum atomic E-state index is 11.9. The molecule has 4 heterocycles. The van der Waals surface area contributed by atoms with Gasteiger partial charge >= 0.3 is 0 Å². The molecule has 0 aromatic carbocycles. The number of piperidine rings is 1. The summed E-state index contributed by atoms with van der Waals surface area (Å²) in [5.41, 5.74) is 5.98. The Hall–Kier alpha value is -1.92. The Balaban J connectivity index is 1.77. The van der Waals surface area contributed by atoms with Gasteiger partial charge in [0.15, 0.2) is 5.72 Å². The highest BCUT2D eigenvalue weighted by atomic mass is 16.7. The number of hydrogen-bond donors (Lipinski definition) is 1. The first kappa shape index (κ1) is 14.7. The van der Waals surface area contributed by atoms with Crippen molar-refractivity contribution in [3.05, 3.63) is 35.7 Å². The summed E-state index contributed by atoms with van der Waals surface area (Å²) in [7, 11) is 0. The minimum atomic E-state index is -0.402. The summed E-state index contributed by atoms with van der Waals surface area (Å²) in [4.78, 5) is 26.5. The third-order valence-corrected chi connectivity index (χ3v) is 5.20. The Morgan fingerprint density at radius 2 is 2.00 bits per heavy atom. The zero-order chi connectivity index (χ0) is 15.9. The van der Waals surface area contributed by atoms with Gasteiger partial charge in [-0.15, -0.1) is 0 Å². The molecule has 0 spiro atoms. The first-order chi connectivity index (χ1) is 11.2. The minimum absolute atomic E-state index is 0.119. The lowest BCUT2D eigenvalue weighted by atomic mass is 9.90. The third-order valence-electron chi connectivity index (χ3n) is 5.20. The van der Waals surface area contributed by atoms with Gasteiger partial charge in [-0.1, -0.05) is 0 Å². The normalized spacial score (nSPS) is 28.0. The van der Waals surface area contributed by atoms with Crippen molar-refractivity contribution in [3.8, 4) is 0 Å². The van der Waals surface area contributed by atoms with Crippen LogP contribution in [0.25, 0.3) is 5.70 Å². The number of pyridine rings is 1. The van der Waals surface area contributed by atoms with Gasteiger partial charge in [0.25, 0.3) is 0 Å². The highest BCUT2D eigenvalue weighted by Crippen LogP contribution is 2.43. The molecule has 1 atom stereocenters. The second-order valence-corrected chi connectivity index (χ2v) is 6.46. The molecule has 0 bridgehead atoms. The van der Waals surface area contributed by atoms with Crippen LogP contribution in [0.15, 0.2) is 30.1 Å². The summed E-state index contributed by atoms with van der Waals surface area (Å²) in [6.45, 7) is 5.10. The van der Waals surface area contributed by atoms with Crippen molar-refractivity contribution in [3.63, 3.8) is 0 Å². The second-order valence-electron chi connectivity index (χ2n) is 6.46. The summed E-state index contributed by atoms with van der Waals surface area (Å²) >= 11 is 0. The summed E-state index contributed by atoms with van der Waals surface area (Å²) in [6, 6.07) is 3.96. The predicted octanol–water partition coefficient (Wildman–Crippen LogP) is 1.37. The number of carbonyl (C=O) groups excluding carboxylic acids is 1. The van der Waals surface area contributed by atoms with Crippen molar-refractivity contribution in [1.82, 2.24) is 20.3 Å². The van der Waals surface area contributed by atoms with Crippen LogP contribution in [-0.2, 0) is 9.63 Å². The fourth-order valence-corrected chi connectivity index (χ4v) is 3.93. The summed E-state index contributed by atoms with van der Waals surface area (Å²) < 4.78 is 0. The van der Waals surface area contributed by atoms with E-state index >= 15 is 0 Å². The second kappa shape index (κ2) is 5.62. The molecule has 2 saturated heterocycles. The van der Waals surface area contributed by atoms with Crippen LogP contribution in [0.2, 0.25) is 0 Å². The highest BCUT2D eigenvalue weighted by Gasteiger charge is 2.51. The molecule has 1 unspecified atom stereocenters. The van der Waals surface area contributed by atoms with Crippen LogP contribution in [0, 0.1) is 0 Å². The van der Waals surface area contributed by atoms with Crippen LogP contribution in [0.3, 0.4) is 0 Å². The van der Waals surface area contributed by atoms with Gasteiger partial charge in [-0.25, -0.2) is 4.84 Å². The van der Waals surface area contributed by atoms with Gasteiger partial charge in [0.1, 0.15) is 0 Å². The monoisotopic (exact) mass is 314 g/mol. The molecule has 6 heteroatoms. The largest absolute Gasteiger partial charge is 0.339 e. The van der Waals surface area contributed by atoms with E-state index in [9.17, 15) is 4.79 Å². The Kier molecular flexibility index (Phi) is 3.58. The molecule has 1 aromatic heterocycles. The number of nitrogens with one attached hydrogen (secondary N) is 1. The lowest BCUT2D eigenvalue weighted by Gasteiger charge is -2.44. The van der Waals surface area contributed by atoms with E-state index in [1.807, 2.05) is 17.0 Å². The maximum absolute atomic E-state index is 11.9. The van der Waals surface area contributed by atoms with E-state index in [2.05, 4.69) is 15.4 Å². The number of aromatic nitrogens is 1. The van der Waals surface area contributed by atoms with Crippen LogP contribution in [-0.4, -0.2) is 52.6 Å². The van der Waals surface area contributed by atoms with E-state index < -0.39 is 5.72 Å². The summed E-state index contributed by atoms with van der Waals surface area (Å²) in [5, 5.41) is 0. The van der Waals surface area contributed by atoms with Crippen LogP contribution < -0.4 is 5.48 Å². The zero-order valence-corrected chi connectivity index (χ0v) is 13.4. The third kappa shape index (κ3) is 2.33. The number of hydrogen-bond acceptors (Lipinski definition) is 5. The topological polar surface area (TPSA) is 57.7 Å². The van der Waals surface area contributed by atoms with Crippen molar-refractivity contribution in [2.75, 3.05) is 26.2 Å². The van der Waals surface area contributed by atoms with E-state index in [1.54, 1.807) is 19.3 Å². The lowest BCUT2D eigenvalue weighted by Crippen LogP contribution is -2.57. The molecular weight excluding hydrogens is 292 g/mol. The number of carbonyl (C=O) groups is 1. The van der Waals surface area contributed by atoms with Gasteiger partial charge in [-0.05, 0) is 25.0 Å². The Morgan fingerprint density at radius 3 is 2.70 bits per heavy atom. The number of hydroxylamine groups is 1. The van der Waals surface area contributed by atoms with E-state index in [0.717, 1.165) is 37.3 Å². The number of likely N-dealkylation sites (tertiary alicyclic amines) is 2. The summed E-state index contributed by atoms with van der Waals surface area (Å²) in [5.74, 6) is 0.119. The van der Waals surface area contributed by atoms with E-state index in [0.29, 0.717) is 6.54 Å². The van der Waals surface area contributed by atoms with Crippen LogP contribution >= 0.6 is 0 Å². The van der Waals surface area contributed by atoms with Crippen molar-refractivity contribution < 1.29 is 9.63 Å². The average molecular weight is 314 g/mol. The van der Waals surface area contributed by atoms with Crippen molar-refractivity contribution in [2.24, 2.45) is 0 Å². The van der Waals surface area contributed by atoms with Gasteiger partial charge in [-0.3, -0.25) is 20.2 Å². The Morgan fingerprint density at radius 1 is 1.26 bits per heavy atom. The minimum Gasteiger partial charge on any atom is -0.339 e. The molecule has 0 radical (unpaired) electrons. The summed E-state index contributed by atoms with van der Waals surface area (Å²) in [6.07, 6.45) is 6.79. The number of amides is 1. The van der Waals surface area contributed by atoms with Crippen LogP contribution in [0.5, 0.6) is 0 Å². The predicted molar refractivity (Wildman–Crippen MR) is 85.8 cm³/mol. The smallest absolute Gasteiger partial charge is 0.219 e. The van der Waals surface area contributed by atoms with Crippen LogP contribution in [0.4, 0.5) is 0 Å². The quantitative estimate of drug-likeness (QED) is 0.893. The first-order valence-corrected chi connectivity index (χ1v) is 8.29. The number of fused-ring (bicyclic) bond motifs is 1. The maximum Gasteiger partial charge on any atom is 0.219 e. The molecule has 1 aromatic rings. The van der Waals surface area contributed by atoms with Crippen molar-refractivity contribution in [2.45, 2.75) is 31.9 Å². The van der Waals surface area contributed by atoms with Gasteiger partial charge in [0, 0.05) is 63.1 Å². The number of rotatable bonds is 2. The Labute approximate surface area is 136 Å². The van der Waals surface area contributed by atoms with Crippen LogP contribution in [0.1, 0.15) is 31.7 Å². The van der Waals surface area contributed by atoms with Gasteiger partial charge in [0.05, 0.1) is 5.70 Å². The van der Waals surface area contributed by atoms with Gasteiger partial charge in [-0.2, -0.15) is 0 Å². The lowest BCUT2D eigenvalue weighted by molar-refractivity contribution is -0.158. The molecule has 0 aliphatic carbocycles. The van der Waals surface area contributed by atoms with Gasteiger partial charge in [0.2, 0.25) is 5.91 Å². The molecule has 6 nitrogen and oxygen atoms in total. The van der Waals surface area contributed by atoms with E-state index in [4.69, 9.17) is 4.84 Å². The Bertz CT molecular complexity index is 639. The fourth-order valence-electron chi connectivity index (χ4n) is 3.93. The molecular formula is C17H22N4O2. The highest BCUT2D eigenvalue weighted by molar-refractivity contribution is 5.76. The van der Waals surface area contributed by atoms with Crippen molar-refractivity contribution >= 4 is 11.6 Å². The number of nitrogens with zero attached hydrogens (tertiary/aromatic N) is 3. The molecule has 3 aliphatic rings. The molecule has 1 amide bonds. The molecule has 4 rings (SSSR count). The van der Waals surface area contributed by atoms with Gasteiger partial charge < -0.3 is 4.90 Å². The first-order valence-electron chi connectivity index (χ1n) is 8.29. The van der Waals surface area contributed by atoms with Crippen molar-refractivity contribution in [1.29, 1.82) is 0 Å². The molecule has 2 fully saturated rings. The molecule has 0 saturated carbocycles. The standard InChI is InChI=1S/C17H22N4O2/c1-13(22)20-11-6-17(21-9-2-3-10-21)15(12-20)16(19-23-17)14-4-7-18-8-5-14/h4-5,7-8,19H,2-3,6,9-12H2,1H3. The average Bonchev–Trinajstić information content (AvgIpc) is 3.23. The zero-order valence-electron chi connectivity index (χ0n) is 13.4. The van der Waals surface area contributed by atoms with E-state index in [1.165, 1.54) is 18.4 Å². The SMILES string of the molecule is CC(=O)N1CCC2(N3CCCC3)ONC(c3ccncc3)=C2C1.